The van der Waals surface area contributed by atoms with Crippen LogP contribution in [-0.4, -0.2) is 25.6 Å². The van der Waals surface area contributed by atoms with Gasteiger partial charge in [0.15, 0.2) is 5.82 Å². The molecule has 2 aromatic rings. The van der Waals surface area contributed by atoms with Crippen molar-refractivity contribution in [1.29, 1.82) is 0 Å². The lowest BCUT2D eigenvalue weighted by molar-refractivity contribution is 0.619. The zero-order valence-electron chi connectivity index (χ0n) is 11.8. The summed E-state index contributed by atoms with van der Waals surface area (Å²) in [7, 11) is 1.60. The Morgan fingerprint density at radius 1 is 1.30 bits per heavy atom. The molecule has 0 spiro atoms. The van der Waals surface area contributed by atoms with E-state index in [1.807, 2.05) is 19.9 Å². The molecule has 0 saturated carbocycles. The molecule has 106 valence electrons. The topological polar surface area (TPSA) is 81.8 Å². The molecule has 0 aliphatic rings. The second-order valence-electron chi connectivity index (χ2n) is 4.47. The van der Waals surface area contributed by atoms with Crippen LogP contribution in [0, 0.1) is 6.92 Å². The molecule has 0 aliphatic heterocycles. The molecule has 0 aliphatic carbocycles. The zero-order valence-corrected chi connectivity index (χ0v) is 11.8. The zero-order chi connectivity index (χ0) is 14.7. The Kier molecular flexibility index (Phi) is 3.97. The van der Waals surface area contributed by atoms with Crippen molar-refractivity contribution in [3.8, 4) is 0 Å². The van der Waals surface area contributed by atoms with Crippen LogP contribution in [0.5, 0.6) is 0 Å². The summed E-state index contributed by atoms with van der Waals surface area (Å²) in [6.45, 7) is 4.61. The van der Waals surface area contributed by atoms with Crippen LogP contribution >= 0.6 is 0 Å². The van der Waals surface area contributed by atoms with E-state index in [4.69, 9.17) is 0 Å². The van der Waals surface area contributed by atoms with Gasteiger partial charge in [0.2, 0.25) is 0 Å². The fourth-order valence-electron chi connectivity index (χ4n) is 1.87. The lowest BCUT2D eigenvalue weighted by Crippen LogP contribution is -2.38. The molecule has 0 atom stereocenters. The number of hydrogen-bond acceptors (Lipinski definition) is 5. The van der Waals surface area contributed by atoms with E-state index in [2.05, 4.69) is 15.3 Å². The van der Waals surface area contributed by atoms with E-state index in [1.54, 1.807) is 7.05 Å². The standard InChI is InChI=1S/C13H17N5O2/c1-4-14-10-7-9(2)15-11(16-10)8-18-12(19)5-6-17(3)13(18)20/h5-7H,4,8H2,1-3H3,(H,14,15,16). The minimum absolute atomic E-state index is 0.0619. The number of rotatable bonds is 4. The van der Waals surface area contributed by atoms with Gasteiger partial charge in [-0.05, 0) is 13.8 Å². The van der Waals surface area contributed by atoms with Crippen molar-refractivity contribution in [3.63, 3.8) is 0 Å². The first kappa shape index (κ1) is 14.0. The van der Waals surface area contributed by atoms with Crippen molar-refractivity contribution < 1.29 is 0 Å². The van der Waals surface area contributed by atoms with Crippen LogP contribution < -0.4 is 16.6 Å². The van der Waals surface area contributed by atoms with Crippen molar-refractivity contribution in [1.82, 2.24) is 19.1 Å². The van der Waals surface area contributed by atoms with Crippen LogP contribution in [0.4, 0.5) is 5.82 Å². The predicted octanol–water partition coefficient (Wildman–Crippen LogP) is 0.126. The van der Waals surface area contributed by atoms with E-state index in [0.29, 0.717) is 11.6 Å². The summed E-state index contributed by atoms with van der Waals surface area (Å²) in [5.74, 6) is 1.13. The molecule has 20 heavy (non-hydrogen) atoms. The highest BCUT2D eigenvalue weighted by molar-refractivity contribution is 5.35. The van der Waals surface area contributed by atoms with Gasteiger partial charge in [-0.3, -0.25) is 9.36 Å². The van der Waals surface area contributed by atoms with E-state index in [1.165, 1.54) is 16.8 Å². The minimum atomic E-state index is -0.382. The van der Waals surface area contributed by atoms with Crippen molar-refractivity contribution in [2.75, 3.05) is 11.9 Å². The number of aromatic nitrogens is 4. The van der Waals surface area contributed by atoms with Crippen LogP contribution in [0.3, 0.4) is 0 Å². The second kappa shape index (κ2) is 5.68. The molecule has 0 aromatic carbocycles. The quantitative estimate of drug-likeness (QED) is 0.857. The number of nitrogens with zero attached hydrogens (tertiary/aromatic N) is 4. The Labute approximate surface area is 115 Å². The summed E-state index contributed by atoms with van der Waals surface area (Å²) in [5.41, 5.74) is 0.0440. The number of nitrogens with one attached hydrogen (secondary N) is 1. The van der Waals surface area contributed by atoms with Crippen LogP contribution in [0.1, 0.15) is 18.4 Å². The van der Waals surface area contributed by atoms with Gasteiger partial charge in [0.25, 0.3) is 5.56 Å². The van der Waals surface area contributed by atoms with E-state index < -0.39 is 0 Å². The van der Waals surface area contributed by atoms with Gasteiger partial charge in [-0.2, -0.15) is 0 Å². The highest BCUT2D eigenvalue weighted by atomic mass is 16.2. The molecule has 2 rings (SSSR count). The molecule has 1 N–H and O–H groups in total. The molecule has 0 unspecified atom stereocenters. The molecule has 2 aromatic heterocycles. The lowest BCUT2D eigenvalue weighted by Gasteiger charge is -2.08. The van der Waals surface area contributed by atoms with Crippen LogP contribution in [0.15, 0.2) is 27.9 Å². The normalized spacial score (nSPS) is 10.6. The Hall–Kier alpha value is -2.44. The van der Waals surface area contributed by atoms with Gasteiger partial charge in [0.1, 0.15) is 5.82 Å². The first-order chi connectivity index (χ1) is 9.51. The van der Waals surface area contributed by atoms with Gasteiger partial charge >= 0.3 is 5.69 Å². The van der Waals surface area contributed by atoms with Crippen molar-refractivity contribution in [3.05, 3.63) is 50.7 Å². The molecule has 0 amide bonds. The second-order valence-corrected chi connectivity index (χ2v) is 4.47. The Balaban J connectivity index is 2.43. The maximum Gasteiger partial charge on any atom is 0.331 e. The average molecular weight is 275 g/mol. The average Bonchev–Trinajstić information content (AvgIpc) is 2.39. The van der Waals surface area contributed by atoms with Crippen molar-refractivity contribution in [2.45, 2.75) is 20.4 Å². The molecular formula is C13H17N5O2. The predicted molar refractivity (Wildman–Crippen MR) is 76.0 cm³/mol. The molecular weight excluding hydrogens is 258 g/mol. The molecule has 7 nitrogen and oxygen atoms in total. The summed E-state index contributed by atoms with van der Waals surface area (Å²) in [4.78, 5) is 32.3. The first-order valence-electron chi connectivity index (χ1n) is 6.36. The SMILES string of the molecule is CCNc1cc(C)nc(Cn2c(=O)ccn(C)c2=O)n1. The Morgan fingerprint density at radius 3 is 2.75 bits per heavy atom. The summed E-state index contributed by atoms with van der Waals surface area (Å²) in [6, 6.07) is 3.17. The molecule has 2 heterocycles. The van der Waals surface area contributed by atoms with Gasteiger partial charge in [0.05, 0.1) is 6.54 Å². The molecule has 0 radical (unpaired) electrons. The van der Waals surface area contributed by atoms with Gasteiger partial charge in [-0.1, -0.05) is 0 Å². The fraction of sp³-hybridized carbons (Fsp3) is 0.385. The van der Waals surface area contributed by atoms with E-state index >= 15 is 0 Å². The summed E-state index contributed by atoms with van der Waals surface area (Å²) in [5, 5.41) is 3.09. The number of anilines is 1. The highest BCUT2D eigenvalue weighted by Gasteiger charge is 2.07. The van der Waals surface area contributed by atoms with Gasteiger partial charge < -0.3 is 9.88 Å². The molecule has 0 bridgehead atoms. The third-order valence-corrected chi connectivity index (χ3v) is 2.80. The third kappa shape index (κ3) is 2.93. The maximum atomic E-state index is 11.9. The Morgan fingerprint density at radius 2 is 2.05 bits per heavy atom. The van der Waals surface area contributed by atoms with Crippen LogP contribution in [0.25, 0.3) is 0 Å². The highest BCUT2D eigenvalue weighted by Crippen LogP contribution is 2.06. The Bertz CT molecular complexity index is 732. The largest absolute Gasteiger partial charge is 0.370 e. The van der Waals surface area contributed by atoms with E-state index in [-0.39, 0.29) is 17.8 Å². The van der Waals surface area contributed by atoms with E-state index in [9.17, 15) is 9.59 Å². The van der Waals surface area contributed by atoms with Crippen molar-refractivity contribution in [2.24, 2.45) is 7.05 Å². The minimum Gasteiger partial charge on any atom is -0.370 e. The van der Waals surface area contributed by atoms with E-state index in [0.717, 1.165) is 16.8 Å². The number of aryl methyl sites for hydroxylation is 2. The molecule has 0 fully saturated rings. The van der Waals surface area contributed by atoms with Crippen molar-refractivity contribution >= 4 is 5.82 Å². The maximum absolute atomic E-state index is 11.9. The third-order valence-electron chi connectivity index (χ3n) is 2.80. The smallest absolute Gasteiger partial charge is 0.331 e. The van der Waals surface area contributed by atoms with Gasteiger partial charge in [-0.25, -0.2) is 14.8 Å². The monoisotopic (exact) mass is 275 g/mol. The fourth-order valence-corrected chi connectivity index (χ4v) is 1.87. The van der Waals surface area contributed by atoms with Gasteiger partial charge in [-0.15, -0.1) is 0 Å². The van der Waals surface area contributed by atoms with Crippen LogP contribution in [0.2, 0.25) is 0 Å². The summed E-state index contributed by atoms with van der Waals surface area (Å²) in [6.07, 6.45) is 1.45. The first-order valence-corrected chi connectivity index (χ1v) is 6.36. The molecule has 0 saturated heterocycles. The molecule has 7 heteroatoms. The summed E-state index contributed by atoms with van der Waals surface area (Å²) >= 11 is 0. The van der Waals surface area contributed by atoms with Crippen LogP contribution in [-0.2, 0) is 13.6 Å². The van der Waals surface area contributed by atoms with Gasteiger partial charge in [0, 0.05) is 37.6 Å². The number of hydrogen-bond donors (Lipinski definition) is 1. The lowest BCUT2D eigenvalue weighted by atomic mass is 10.4. The summed E-state index contributed by atoms with van der Waals surface area (Å²) < 4.78 is 2.47.